The van der Waals surface area contributed by atoms with Crippen molar-refractivity contribution in [1.82, 2.24) is 19.8 Å². The average molecular weight is 324 g/mol. The molecule has 1 aromatic rings. The van der Waals surface area contributed by atoms with Crippen LogP contribution in [0, 0.1) is 18.8 Å². The molecule has 1 aliphatic heterocycles. The normalized spacial score (nSPS) is 20.2. The Morgan fingerprint density at radius 1 is 1.50 bits per heavy atom. The molecule has 0 bridgehead atoms. The predicted octanol–water partition coefficient (Wildman–Crippen LogP) is 2.61. The van der Waals surface area contributed by atoms with Gasteiger partial charge in [0.15, 0.2) is 0 Å². The lowest BCUT2D eigenvalue weighted by Crippen LogP contribution is -2.49. The third-order valence-electron chi connectivity index (χ3n) is 4.16. The van der Waals surface area contributed by atoms with Crippen LogP contribution in [0.5, 0.6) is 0 Å². The zero-order valence-corrected chi connectivity index (χ0v) is 14.9. The first-order valence-corrected chi connectivity index (χ1v) is 9.14. The monoisotopic (exact) mass is 324 g/mol. The van der Waals surface area contributed by atoms with Gasteiger partial charge in [0, 0.05) is 49.6 Å². The summed E-state index contributed by atoms with van der Waals surface area (Å²) in [4.78, 5) is 18.5. The number of rotatable bonds is 5. The van der Waals surface area contributed by atoms with Crippen LogP contribution in [-0.2, 0) is 6.54 Å². The van der Waals surface area contributed by atoms with E-state index < -0.39 is 0 Å². The first-order chi connectivity index (χ1) is 10.5. The molecule has 0 aliphatic carbocycles. The molecular weight excluding hydrogens is 296 g/mol. The van der Waals surface area contributed by atoms with Crippen LogP contribution in [0.25, 0.3) is 0 Å². The van der Waals surface area contributed by atoms with Gasteiger partial charge in [-0.05, 0) is 18.8 Å². The summed E-state index contributed by atoms with van der Waals surface area (Å²) in [6.45, 7) is 11.9. The van der Waals surface area contributed by atoms with Crippen molar-refractivity contribution in [3.63, 3.8) is 0 Å². The Morgan fingerprint density at radius 3 is 2.91 bits per heavy atom. The van der Waals surface area contributed by atoms with E-state index in [2.05, 4.69) is 35.6 Å². The maximum absolute atomic E-state index is 12.3. The molecule has 0 aromatic carbocycles. The minimum Gasteiger partial charge on any atom is -0.338 e. The predicted molar refractivity (Wildman–Crippen MR) is 92.2 cm³/mol. The summed E-state index contributed by atoms with van der Waals surface area (Å²) in [6.07, 6.45) is 3.81. The van der Waals surface area contributed by atoms with E-state index >= 15 is 0 Å². The van der Waals surface area contributed by atoms with Gasteiger partial charge in [0.2, 0.25) is 0 Å². The van der Waals surface area contributed by atoms with Crippen LogP contribution in [0.2, 0.25) is 0 Å². The van der Waals surface area contributed by atoms with Crippen LogP contribution >= 0.6 is 11.8 Å². The zero-order valence-electron chi connectivity index (χ0n) is 14.1. The van der Waals surface area contributed by atoms with E-state index in [1.54, 1.807) is 0 Å². The van der Waals surface area contributed by atoms with Gasteiger partial charge in [-0.15, -0.1) is 0 Å². The van der Waals surface area contributed by atoms with Crippen molar-refractivity contribution in [2.75, 3.05) is 25.4 Å². The molecule has 6 heteroatoms. The molecule has 2 rings (SSSR count). The molecule has 2 atom stereocenters. The van der Waals surface area contributed by atoms with Crippen molar-refractivity contribution >= 4 is 17.8 Å². The molecule has 1 fully saturated rings. The van der Waals surface area contributed by atoms with Gasteiger partial charge in [-0.25, -0.2) is 9.78 Å². The van der Waals surface area contributed by atoms with Crippen LogP contribution in [-0.4, -0.2) is 51.1 Å². The number of nitrogens with one attached hydrogen (secondary N) is 1. The first kappa shape index (κ1) is 17.2. The van der Waals surface area contributed by atoms with Gasteiger partial charge in [-0.3, -0.25) is 0 Å². The Morgan fingerprint density at radius 2 is 2.27 bits per heavy atom. The van der Waals surface area contributed by atoms with E-state index in [0.717, 1.165) is 31.2 Å². The number of aromatic nitrogens is 2. The Labute approximate surface area is 137 Å². The lowest BCUT2D eigenvalue weighted by Gasteiger charge is -2.34. The van der Waals surface area contributed by atoms with E-state index in [1.165, 1.54) is 0 Å². The number of thioether (sulfide) groups is 1. The van der Waals surface area contributed by atoms with E-state index in [-0.39, 0.29) is 6.03 Å². The number of imidazole rings is 1. The fourth-order valence-electron chi connectivity index (χ4n) is 2.63. The zero-order chi connectivity index (χ0) is 16.1. The number of hydrogen-bond donors (Lipinski definition) is 1. The Bertz CT molecular complexity index is 488. The van der Waals surface area contributed by atoms with Gasteiger partial charge in [-0.2, -0.15) is 11.8 Å². The molecule has 0 spiro atoms. The van der Waals surface area contributed by atoms with Crippen LogP contribution < -0.4 is 5.32 Å². The quantitative estimate of drug-likeness (QED) is 0.906. The van der Waals surface area contributed by atoms with Crippen molar-refractivity contribution in [3.8, 4) is 0 Å². The molecule has 0 saturated carbocycles. The highest BCUT2D eigenvalue weighted by molar-refractivity contribution is 8.00. The summed E-state index contributed by atoms with van der Waals surface area (Å²) in [6, 6.07) is 0.0835. The molecule has 22 heavy (non-hydrogen) atoms. The van der Waals surface area contributed by atoms with E-state index in [9.17, 15) is 4.79 Å². The van der Waals surface area contributed by atoms with Crippen LogP contribution in [0.15, 0.2) is 12.4 Å². The summed E-state index contributed by atoms with van der Waals surface area (Å²) >= 11 is 1.99. The van der Waals surface area contributed by atoms with Gasteiger partial charge in [0.25, 0.3) is 0 Å². The fourth-order valence-corrected chi connectivity index (χ4v) is 3.93. The number of amides is 2. The highest BCUT2D eigenvalue weighted by atomic mass is 32.2. The minimum atomic E-state index is 0.0835. The Kier molecular flexibility index (Phi) is 6.17. The number of urea groups is 1. The molecule has 1 N–H and O–H groups in total. The van der Waals surface area contributed by atoms with Gasteiger partial charge in [-0.1, -0.05) is 20.8 Å². The molecule has 1 aliphatic rings. The van der Waals surface area contributed by atoms with Gasteiger partial charge in [0.1, 0.15) is 5.82 Å². The van der Waals surface area contributed by atoms with Crippen LogP contribution in [0.4, 0.5) is 4.79 Å². The fraction of sp³-hybridized carbons (Fsp3) is 0.750. The average Bonchev–Trinajstić information content (AvgIpc) is 2.90. The second kappa shape index (κ2) is 7.90. The van der Waals surface area contributed by atoms with Gasteiger partial charge >= 0.3 is 6.03 Å². The molecule has 1 saturated heterocycles. The largest absolute Gasteiger partial charge is 0.338 e. The van der Waals surface area contributed by atoms with Gasteiger partial charge in [0.05, 0.1) is 0 Å². The Balaban J connectivity index is 1.76. The van der Waals surface area contributed by atoms with Crippen molar-refractivity contribution in [3.05, 3.63) is 18.2 Å². The summed E-state index contributed by atoms with van der Waals surface area (Å²) in [7, 11) is 0. The smallest absolute Gasteiger partial charge is 0.317 e. The molecule has 5 nitrogen and oxygen atoms in total. The minimum absolute atomic E-state index is 0.0835. The summed E-state index contributed by atoms with van der Waals surface area (Å²) in [5.41, 5.74) is 0. The highest BCUT2D eigenvalue weighted by Gasteiger charge is 2.26. The van der Waals surface area contributed by atoms with E-state index in [0.29, 0.717) is 23.6 Å². The number of carbonyl (C=O) groups is 1. The lowest BCUT2D eigenvalue weighted by atomic mass is 10.1. The van der Waals surface area contributed by atoms with Gasteiger partial charge < -0.3 is 14.8 Å². The van der Waals surface area contributed by atoms with Crippen LogP contribution in [0.1, 0.15) is 26.6 Å². The standard InChI is InChI=1S/C16H28N4OS/c1-12(2)15-11-20(7-8-22-15)16(21)18-9-13(3)10-19-6-5-17-14(19)4/h5-6,12-13,15H,7-11H2,1-4H3,(H,18,21). The first-order valence-electron chi connectivity index (χ1n) is 8.09. The molecular formula is C16H28N4OS. The molecule has 1 aromatic heterocycles. The number of nitrogens with zero attached hydrogens (tertiary/aromatic N) is 3. The third kappa shape index (κ3) is 4.66. The summed E-state index contributed by atoms with van der Waals surface area (Å²) in [5, 5.41) is 3.65. The SMILES string of the molecule is Cc1nccn1CC(C)CNC(=O)N1CCSC(C(C)C)C1. The number of hydrogen-bond acceptors (Lipinski definition) is 3. The molecule has 124 valence electrons. The summed E-state index contributed by atoms with van der Waals surface area (Å²) < 4.78 is 2.13. The van der Waals surface area contributed by atoms with Crippen molar-refractivity contribution in [2.24, 2.45) is 11.8 Å². The second-order valence-electron chi connectivity index (χ2n) is 6.52. The molecule has 2 unspecified atom stereocenters. The molecule has 2 amide bonds. The van der Waals surface area contributed by atoms with Crippen molar-refractivity contribution in [1.29, 1.82) is 0 Å². The maximum atomic E-state index is 12.3. The summed E-state index contributed by atoms with van der Waals surface area (Å²) in [5.74, 6) is 3.06. The van der Waals surface area contributed by atoms with E-state index in [4.69, 9.17) is 0 Å². The number of aryl methyl sites for hydroxylation is 1. The van der Waals surface area contributed by atoms with Crippen molar-refractivity contribution in [2.45, 2.75) is 39.5 Å². The third-order valence-corrected chi connectivity index (χ3v) is 5.70. The molecule has 2 heterocycles. The highest BCUT2D eigenvalue weighted by Crippen LogP contribution is 2.24. The second-order valence-corrected chi connectivity index (χ2v) is 7.86. The number of carbonyl (C=O) groups excluding carboxylic acids is 1. The van der Waals surface area contributed by atoms with Crippen LogP contribution in [0.3, 0.4) is 0 Å². The topological polar surface area (TPSA) is 50.2 Å². The molecule has 0 radical (unpaired) electrons. The van der Waals surface area contributed by atoms with Crippen molar-refractivity contribution < 1.29 is 4.79 Å². The Hall–Kier alpha value is -1.17. The van der Waals surface area contributed by atoms with E-state index in [1.807, 2.05) is 36.0 Å². The lowest BCUT2D eigenvalue weighted by molar-refractivity contribution is 0.195. The maximum Gasteiger partial charge on any atom is 0.317 e.